The number of rotatable bonds is 27. The summed E-state index contributed by atoms with van der Waals surface area (Å²) in [5.74, 6) is -0.674. The van der Waals surface area contributed by atoms with Crippen LogP contribution in [0.1, 0.15) is 136 Å². The van der Waals surface area contributed by atoms with Crippen LogP contribution in [0, 0.1) is 0 Å². The zero-order valence-corrected chi connectivity index (χ0v) is 25.0. The molecule has 6 nitrogen and oxygen atoms in total. The van der Waals surface area contributed by atoms with Crippen molar-refractivity contribution in [1.29, 1.82) is 0 Å². The number of carbonyl (C=O) groups excluding carboxylic acids is 2. The summed E-state index contributed by atoms with van der Waals surface area (Å²) in [5.41, 5.74) is 0. The Morgan fingerprint density at radius 1 is 0.718 bits per heavy atom. The van der Waals surface area contributed by atoms with Crippen LogP contribution in [-0.4, -0.2) is 47.6 Å². The van der Waals surface area contributed by atoms with E-state index >= 15 is 0 Å². The average Bonchev–Trinajstić information content (AvgIpc) is 2.93. The van der Waals surface area contributed by atoms with E-state index in [4.69, 9.17) is 9.47 Å². The van der Waals surface area contributed by atoms with Crippen LogP contribution in [0.15, 0.2) is 36.5 Å². The Balaban J connectivity index is 3.73. The van der Waals surface area contributed by atoms with E-state index < -0.39 is 12.2 Å². The molecule has 0 aromatic rings. The minimum atomic E-state index is -0.804. The van der Waals surface area contributed by atoms with Gasteiger partial charge in [-0.3, -0.25) is 9.59 Å². The molecular weight excluding hydrogens is 492 g/mol. The van der Waals surface area contributed by atoms with Crippen LogP contribution in [0.5, 0.6) is 0 Å². The van der Waals surface area contributed by atoms with Gasteiger partial charge >= 0.3 is 11.9 Å². The van der Waals surface area contributed by atoms with Crippen molar-refractivity contribution in [3.63, 3.8) is 0 Å². The highest BCUT2D eigenvalue weighted by Gasteiger charge is 2.16. The predicted molar refractivity (Wildman–Crippen MR) is 160 cm³/mol. The van der Waals surface area contributed by atoms with Gasteiger partial charge in [-0.15, -0.1) is 0 Å². The molecule has 0 fully saturated rings. The molecule has 0 aromatic heterocycles. The summed E-state index contributed by atoms with van der Waals surface area (Å²) in [6.07, 6.45) is 29.4. The van der Waals surface area contributed by atoms with Gasteiger partial charge in [-0.05, 0) is 32.1 Å². The number of aliphatic hydroxyl groups excluding tert-OH is 2. The molecular formula is C33H58O6. The van der Waals surface area contributed by atoms with E-state index in [1.807, 2.05) is 18.2 Å². The van der Waals surface area contributed by atoms with Crippen molar-refractivity contribution in [2.24, 2.45) is 0 Å². The van der Waals surface area contributed by atoms with Gasteiger partial charge in [-0.2, -0.15) is 0 Å². The fraction of sp³-hybridized carbons (Fsp3) is 0.758. The number of allylic oxidation sites excluding steroid dienone is 5. The molecule has 1 unspecified atom stereocenters. The second kappa shape index (κ2) is 29.1. The summed E-state index contributed by atoms with van der Waals surface area (Å²) < 4.78 is 10.5. The van der Waals surface area contributed by atoms with Gasteiger partial charge in [0.05, 0.1) is 12.7 Å². The molecule has 226 valence electrons. The molecule has 0 radical (unpaired) electrons. The SMILES string of the molecule is CC/C=C/C/C=C/C=C/C(O)CCCCCCCC(=O)O[C@@H](CO)COC(=O)CCCCCCCCCCC. The molecule has 0 amide bonds. The van der Waals surface area contributed by atoms with Crippen LogP contribution in [0.3, 0.4) is 0 Å². The van der Waals surface area contributed by atoms with Gasteiger partial charge in [0, 0.05) is 12.8 Å². The van der Waals surface area contributed by atoms with E-state index in [1.54, 1.807) is 0 Å². The first-order valence-electron chi connectivity index (χ1n) is 15.7. The summed E-state index contributed by atoms with van der Waals surface area (Å²) in [6.45, 7) is 3.87. The van der Waals surface area contributed by atoms with E-state index in [0.717, 1.165) is 70.6 Å². The third kappa shape index (κ3) is 27.4. The van der Waals surface area contributed by atoms with Crippen molar-refractivity contribution >= 4 is 11.9 Å². The highest BCUT2D eigenvalue weighted by Crippen LogP contribution is 2.12. The predicted octanol–water partition coefficient (Wildman–Crippen LogP) is 7.91. The molecule has 0 bridgehead atoms. The quantitative estimate of drug-likeness (QED) is 0.0467. The fourth-order valence-electron chi connectivity index (χ4n) is 4.15. The van der Waals surface area contributed by atoms with E-state index in [-0.39, 0.29) is 31.6 Å². The lowest BCUT2D eigenvalue weighted by Gasteiger charge is -2.15. The minimum absolute atomic E-state index is 0.0963. The van der Waals surface area contributed by atoms with Crippen LogP contribution in [0.4, 0.5) is 0 Å². The monoisotopic (exact) mass is 550 g/mol. The molecule has 39 heavy (non-hydrogen) atoms. The Kier molecular flexibility index (Phi) is 27.6. The lowest BCUT2D eigenvalue weighted by molar-refractivity contribution is -0.161. The van der Waals surface area contributed by atoms with Gasteiger partial charge in [0.1, 0.15) is 6.61 Å². The van der Waals surface area contributed by atoms with Gasteiger partial charge in [-0.25, -0.2) is 0 Å². The van der Waals surface area contributed by atoms with Gasteiger partial charge in [0.25, 0.3) is 0 Å². The number of hydrogen-bond acceptors (Lipinski definition) is 6. The van der Waals surface area contributed by atoms with Gasteiger partial charge in [0.2, 0.25) is 0 Å². The topological polar surface area (TPSA) is 93.1 Å². The lowest BCUT2D eigenvalue weighted by atomic mass is 10.1. The second-order valence-corrected chi connectivity index (χ2v) is 10.4. The molecule has 0 aromatic carbocycles. The van der Waals surface area contributed by atoms with Crippen molar-refractivity contribution < 1.29 is 29.3 Å². The number of hydrogen-bond donors (Lipinski definition) is 2. The molecule has 0 aliphatic heterocycles. The molecule has 0 saturated carbocycles. The summed E-state index contributed by atoms with van der Waals surface area (Å²) in [5, 5.41) is 19.5. The maximum absolute atomic E-state index is 12.1. The number of carbonyl (C=O) groups is 2. The van der Waals surface area contributed by atoms with Crippen LogP contribution in [0.25, 0.3) is 0 Å². The lowest BCUT2D eigenvalue weighted by Crippen LogP contribution is -2.28. The zero-order chi connectivity index (χ0) is 28.8. The van der Waals surface area contributed by atoms with Gasteiger partial charge in [-0.1, -0.05) is 127 Å². The largest absolute Gasteiger partial charge is 0.462 e. The third-order valence-electron chi connectivity index (χ3n) is 6.55. The van der Waals surface area contributed by atoms with Crippen LogP contribution < -0.4 is 0 Å². The Hall–Kier alpha value is -1.92. The summed E-state index contributed by atoms with van der Waals surface area (Å²) in [4.78, 5) is 24.0. The fourth-order valence-corrected chi connectivity index (χ4v) is 4.15. The van der Waals surface area contributed by atoms with E-state index in [0.29, 0.717) is 6.42 Å². The Labute approximate surface area is 238 Å². The number of esters is 2. The molecule has 6 heteroatoms. The molecule has 0 rings (SSSR count). The molecule has 0 saturated heterocycles. The first-order valence-corrected chi connectivity index (χ1v) is 15.7. The van der Waals surface area contributed by atoms with Crippen LogP contribution >= 0.6 is 0 Å². The zero-order valence-electron chi connectivity index (χ0n) is 25.0. The Morgan fingerprint density at radius 3 is 1.92 bits per heavy atom. The maximum Gasteiger partial charge on any atom is 0.306 e. The summed E-state index contributed by atoms with van der Waals surface area (Å²) in [7, 11) is 0. The maximum atomic E-state index is 12.1. The second-order valence-electron chi connectivity index (χ2n) is 10.4. The Bertz CT molecular complexity index is 655. The first kappa shape index (κ1) is 37.1. The number of aliphatic hydroxyl groups is 2. The third-order valence-corrected chi connectivity index (χ3v) is 6.55. The molecule has 2 N–H and O–H groups in total. The van der Waals surface area contributed by atoms with Crippen molar-refractivity contribution in [1.82, 2.24) is 0 Å². The number of ether oxygens (including phenoxy) is 2. The highest BCUT2D eigenvalue weighted by atomic mass is 16.6. The summed E-state index contributed by atoms with van der Waals surface area (Å²) >= 11 is 0. The highest BCUT2D eigenvalue weighted by molar-refractivity contribution is 5.70. The molecule has 0 aliphatic carbocycles. The van der Waals surface area contributed by atoms with Crippen molar-refractivity contribution in [3.05, 3.63) is 36.5 Å². The molecule has 0 spiro atoms. The molecule has 0 heterocycles. The Morgan fingerprint density at radius 2 is 1.31 bits per heavy atom. The van der Waals surface area contributed by atoms with Crippen molar-refractivity contribution in [2.45, 2.75) is 148 Å². The standard InChI is InChI=1S/C33H58O6/c1-3-5-7-9-11-12-14-18-22-26-32(36)38-29-31(28-34)39-33(37)27-23-19-15-17-21-25-30(35)24-20-16-13-10-8-6-4-2/h6,8,13,16,20,24,30-31,34-35H,3-5,7,9-12,14-15,17-19,21-23,25-29H2,1-2H3/b8-6+,16-13+,24-20+/t30?,31-/m0/s1. The van der Waals surface area contributed by atoms with Crippen molar-refractivity contribution in [2.75, 3.05) is 13.2 Å². The summed E-state index contributed by atoms with van der Waals surface area (Å²) in [6, 6.07) is 0. The van der Waals surface area contributed by atoms with Gasteiger partial charge in [0.15, 0.2) is 6.10 Å². The first-order chi connectivity index (χ1) is 19.0. The average molecular weight is 551 g/mol. The van der Waals surface area contributed by atoms with E-state index in [2.05, 4.69) is 32.1 Å². The van der Waals surface area contributed by atoms with Crippen LogP contribution in [-0.2, 0) is 19.1 Å². The minimum Gasteiger partial charge on any atom is -0.462 e. The van der Waals surface area contributed by atoms with Gasteiger partial charge < -0.3 is 19.7 Å². The van der Waals surface area contributed by atoms with E-state index in [9.17, 15) is 19.8 Å². The smallest absolute Gasteiger partial charge is 0.306 e. The number of unbranched alkanes of at least 4 members (excludes halogenated alkanes) is 12. The molecule has 0 aliphatic rings. The van der Waals surface area contributed by atoms with Crippen LogP contribution in [0.2, 0.25) is 0 Å². The molecule has 2 atom stereocenters. The van der Waals surface area contributed by atoms with Crippen molar-refractivity contribution in [3.8, 4) is 0 Å². The van der Waals surface area contributed by atoms with E-state index in [1.165, 1.54) is 38.5 Å². The normalized spacial score (nSPS) is 13.4.